The highest BCUT2D eigenvalue weighted by Gasteiger charge is 2.35. The van der Waals surface area contributed by atoms with Crippen LogP contribution in [0.2, 0.25) is 0 Å². The summed E-state index contributed by atoms with van der Waals surface area (Å²) >= 11 is 5.72. The van der Waals surface area contributed by atoms with Gasteiger partial charge in [0.25, 0.3) is 0 Å². The summed E-state index contributed by atoms with van der Waals surface area (Å²) in [4.78, 5) is 13.7. The monoisotopic (exact) mass is 289 g/mol. The maximum Gasteiger partial charge on any atom is 0.410 e. The highest BCUT2D eigenvalue weighted by Crippen LogP contribution is 2.26. The van der Waals surface area contributed by atoms with Gasteiger partial charge in [-0.3, -0.25) is 0 Å². The van der Waals surface area contributed by atoms with E-state index in [9.17, 15) is 4.79 Å². The Morgan fingerprint density at radius 2 is 2.11 bits per heavy atom. The summed E-state index contributed by atoms with van der Waals surface area (Å²) in [5.41, 5.74) is -0.858. The van der Waals surface area contributed by atoms with E-state index in [-0.39, 0.29) is 11.7 Å². The Labute approximate surface area is 120 Å². The third-order valence-corrected chi connectivity index (χ3v) is 3.00. The smallest absolute Gasteiger partial charge is 0.410 e. The quantitative estimate of drug-likeness (QED) is 0.797. The Balaban J connectivity index is 2.58. The molecule has 1 rings (SSSR count). The molecule has 0 saturated carbocycles. The number of ether oxygens (including phenoxy) is 2. The predicted octanol–water partition coefficient (Wildman–Crippen LogP) is 3.55. The van der Waals surface area contributed by atoms with Gasteiger partial charge in [0, 0.05) is 11.6 Å². The predicted molar refractivity (Wildman–Crippen MR) is 76.4 cm³/mol. The van der Waals surface area contributed by atoms with Gasteiger partial charge in [0.05, 0.1) is 18.8 Å². The molecule has 1 atom stereocenters. The highest BCUT2D eigenvalue weighted by molar-refractivity contribution is 6.29. The van der Waals surface area contributed by atoms with Crippen LogP contribution in [0, 0.1) is 0 Å². The van der Waals surface area contributed by atoms with Crippen molar-refractivity contribution in [2.75, 3.05) is 19.7 Å². The number of hydrogen-bond acceptors (Lipinski definition) is 3. The largest absolute Gasteiger partial charge is 0.444 e. The second kappa shape index (κ2) is 6.14. The number of likely N-dealkylation sites (tertiary alicyclic amines) is 1. The molecule has 110 valence electrons. The molecule has 1 fully saturated rings. The first-order valence-electron chi connectivity index (χ1n) is 6.56. The van der Waals surface area contributed by atoms with E-state index >= 15 is 0 Å². The number of hydrogen-bond donors (Lipinski definition) is 0. The zero-order valence-corrected chi connectivity index (χ0v) is 13.0. The lowest BCUT2D eigenvalue weighted by atomic mass is 9.95. The van der Waals surface area contributed by atoms with Gasteiger partial charge in [0.2, 0.25) is 0 Å². The summed E-state index contributed by atoms with van der Waals surface area (Å²) in [6.45, 7) is 12.7. The summed E-state index contributed by atoms with van der Waals surface area (Å²) in [6, 6.07) is 0. The van der Waals surface area contributed by atoms with Crippen LogP contribution in [0.25, 0.3) is 0 Å². The van der Waals surface area contributed by atoms with Crippen LogP contribution in [0.1, 0.15) is 40.5 Å². The average molecular weight is 290 g/mol. The lowest BCUT2D eigenvalue weighted by molar-refractivity contribution is -0.0708. The van der Waals surface area contributed by atoms with Gasteiger partial charge >= 0.3 is 6.09 Å². The van der Waals surface area contributed by atoms with E-state index in [2.05, 4.69) is 6.58 Å². The number of amides is 1. The second-order valence-electron chi connectivity index (χ2n) is 6.26. The van der Waals surface area contributed by atoms with Crippen LogP contribution in [0.4, 0.5) is 4.79 Å². The molecule has 1 unspecified atom stereocenters. The lowest BCUT2D eigenvalue weighted by Crippen LogP contribution is -2.51. The topological polar surface area (TPSA) is 38.8 Å². The first-order chi connectivity index (χ1) is 8.61. The molecule has 0 aromatic rings. The first-order valence-corrected chi connectivity index (χ1v) is 6.94. The zero-order chi connectivity index (χ0) is 14.7. The van der Waals surface area contributed by atoms with Gasteiger partial charge in [-0.2, -0.15) is 0 Å². The minimum atomic E-state index is -0.476. The molecular formula is C14H24ClNO3. The average Bonchev–Trinajstić information content (AvgIpc) is 2.24. The molecule has 5 heteroatoms. The van der Waals surface area contributed by atoms with Gasteiger partial charge in [0.1, 0.15) is 5.60 Å². The van der Waals surface area contributed by atoms with Crippen LogP contribution in [-0.2, 0) is 9.47 Å². The van der Waals surface area contributed by atoms with E-state index in [4.69, 9.17) is 21.1 Å². The van der Waals surface area contributed by atoms with Crippen LogP contribution in [0.15, 0.2) is 11.6 Å². The third kappa shape index (κ3) is 5.83. The molecule has 0 bridgehead atoms. The van der Waals surface area contributed by atoms with Crippen LogP contribution in [0.3, 0.4) is 0 Å². The summed E-state index contributed by atoms with van der Waals surface area (Å²) in [5, 5.41) is 0.468. The number of carbonyl (C=O) groups is 1. The van der Waals surface area contributed by atoms with Gasteiger partial charge in [0.15, 0.2) is 0 Å². The molecule has 0 aliphatic carbocycles. The Morgan fingerprint density at radius 1 is 1.47 bits per heavy atom. The van der Waals surface area contributed by atoms with Gasteiger partial charge in [-0.1, -0.05) is 18.2 Å². The normalized spacial score (nSPS) is 24.2. The minimum Gasteiger partial charge on any atom is -0.444 e. The Hall–Kier alpha value is -0.740. The van der Waals surface area contributed by atoms with E-state index in [0.29, 0.717) is 24.7 Å². The molecule has 1 aliphatic heterocycles. The Bertz CT molecular complexity index is 351. The van der Waals surface area contributed by atoms with Gasteiger partial charge < -0.3 is 14.4 Å². The van der Waals surface area contributed by atoms with Crippen molar-refractivity contribution in [3.05, 3.63) is 11.6 Å². The lowest BCUT2D eigenvalue weighted by Gasteiger charge is -2.40. The van der Waals surface area contributed by atoms with Crippen molar-refractivity contribution < 1.29 is 14.3 Å². The molecule has 1 heterocycles. The van der Waals surface area contributed by atoms with Crippen molar-refractivity contribution in [3.8, 4) is 0 Å². The summed E-state index contributed by atoms with van der Waals surface area (Å²) in [5.74, 6) is 0. The number of rotatable bonds is 3. The summed E-state index contributed by atoms with van der Waals surface area (Å²) in [7, 11) is 0. The molecule has 0 N–H and O–H groups in total. The standard InChI is InChI=1S/C14H24ClNO3/c1-11(15)9-18-14(5)7-6-8-16(10-14)12(17)19-13(2,3)4/h1,6-10H2,2-5H3. The van der Waals surface area contributed by atoms with Gasteiger partial charge in [-0.15, -0.1) is 0 Å². The minimum absolute atomic E-state index is 0.285. The summed E-state index contributed by atoms with van der Waals surface area (Å²) in [6.07, 6.45) is 1.51. The second-order valence-corrected chi connectivity index (χ2v) is 6.80. The first kappa shape index (κ1) is 16.3. The Kier molecular flexibility index (Phi) is 5.27. The maximum absolute atomic E-state index is 12.0. The fraction of sp³-hybridized carbons (Fsp3) is 0.786. The fourth-order valence-electron chi connectivity index (χ4n) is 2.06. The van der Waals surface area contributed by atoms with Gasteiger partial charge in [-0.05, 0) is 40.5 Å². The van der Waals surface area contributed by atoms with Gasteiger partial charge in [-0.25, -0.2) is 4.79 Å². The third-order valence-electron chi connectivity index (χ3n) is 2.89. The van der Waals surface area contributed by atoms with Crippen molar-refractivity contribution in [1.82, 2.24) is 4.90 Å². The number of nitrogens with zero attached hydrogens (tertiary/aromatic N) is 1. The number of piperidine rings is 1. The van der Waals surface area contributed by atoms with Crippen LogP contribution in [0.5, 0.6) is 0 Å². The molecule has 19 heavy (non-hydrogen) atoms. The molecule has 4 nitrogen and oxygen atoms in total. The van der Waals surface area contributed by atoms with Crippen LogP contribution < -0.4 is 0 Å². The highest BCUT2D eigenvalue weighted by atomic mass is 35.5. The van der Waals surface area contributed by atoms with E-state index < -0.39 is 5.60 Å². The number of halogens is 1. The van der Waals surface area contributed by atoms with E-state index in [1.54, 1.807) is 4.90 Å². The van der Waals surface area contributed by atoms with E-state index in [0.717, 1.165) is 12.8 Å². The molecule has 0 radical (unpaired) electrons. The molecule has 0 spiro atoms. The number of carbonyl (C=O) groups excluding carboxylic acids is 1. The van der Waals surface area contributed by atoms with Crippen LogP contribution >= 0.6 is 11.6 Å². The molecule has 0 aromatic carbocycles. The Morgan fingerprint density at radius 3 is 2.63 bits per heavy atom. The van der Waals surface area contributed by atoms with E-state index in [1.807, 2.05) is 27.7 Å². The SMILES string of the molecule is C=C(Cl)COC1(C)CCCN(C(=O)OC(C)(C)C)C1. The fourth-order valence-corrected chi connectivity index (χ4v) is 2.11. The van der Waals surface area contributed by atoms with Crippen LogP contribution in [-0.4, -0.2) is 41.9 Å². The zero-order valence-electron chi connectivity index (χ0n) is 12.3. The van der Waals surface area contributed by atoms with Crippen molar-refractivity contribution in [2.24, 2.45) is 0 Å². The van der Waals surface area contributed by atoms with E-state index in [1.165, 1.54) is 0 Å². The molecule has 0 aromatic heterocycles. The van der Waals surface area contributed by atoms with Crippen molar-refractivity contribution in [1.29, 1.82) is 0 Å². The summed E-state index contributed by atoms with van der Waals surface area (Å²) < 4.78 is 11.1. The molecular weight excluding hydrogens is 266 g/mol. The van der Waals surface area contributed by atoms with Crippen molar-refractivity contribution >= 4 is 17.7 Å². The molecule has 1 amide bonds. The van der Waals surface area contributed by atoms with Crippen molar-refractivity contribution in [3.63, 3.8) is 0 Å². The van der Waals surface area contributed by atoms with Crippen molar-refractivity contribution in [2.45, 2.75) is 51.7 Å². The maximum atomic E-state index is 12.0. The molecule has 1 saturated heterocycles. The molecule has 1 aliphatic rings.